The number of hydrogen-bond donors (Lipinski definition) is 0. The maximum absolute atomic E-state index is 12.5. The molecule has 0 aromatic carbocycles. The fourth-order valence-electron chi connectivity index (χ4n) is 6.14. The number of nitrogens with zero attached hydrogens (tertiary/aromatic N) is 2. The fraction of sp³-hybridized carbons (Fsp3) is 0.667. The molecule has 4 nitrogen and oxygen atoms in total. The molecule has 4 rings (SSSR count). The Morgan fingerprint density at radius 2 is 1.32 bits per heavy atom. The van der Waals surface area contributed by atoms with Crippen molar-refractivity contribution < 1.29 is 9.59 Å². The molecule has 0 aromatic rings. The van der Waals surface area contributed by atoms with Crippen LogP contribution in [0.4, 0.5) is 0 Å². The van der Waals surface area contributed by atoms with Gasteiger partial charge in [0.2, 0.25) is 11.8 Å². The van der Waals surface area contributed by atoms with Crippen LogP contribution >= 0.6 is 0 Å². The van der Waals surface area contributed by atoms with Gasteiger partial charge in [0, 0.05) is 12.4 Å². The normalized spacial score (nSPS) is 47.9. The molecular weight excluding hydrogens is 276 g/mol. The quantitative estimate of drug-likeness (QED) is 0.447. The minimum atomic E-state index is -0.244. The van der Waals surface area contributed by atoms with Gasteiger partial charge in [-0.2, -0.15) is 0 Å². The molecule has 4 heteroatoms. The molecule has 4 aliphatic rings. The van der Waals surface area contributed by atoms with Crippen molar-refractivity contribution in [3.05, 3.63) is 12.2 Å². The molecule has 0 spiro atoms. The summed E-state index contributed by atoms with van der Waals surface area (Å²) in [6.45, 7) is 3.52. The third-order valence-electron chi connectivity index (χ3n) is 6.51. The Kier molecular flexibility index (Phi) is 3.17. The van der Waals surface area contributed by atoms with Gasteiger partial charge in [0.05, 0.1) is 11.8 Å². The number of fused-ring (bicyclic) bond motifs is 9. The molecule has 0 heterocycles. The molecule has 0 aliphatic heterocycles. The highest BCUT2D eigenvalue weighted by atomic mass is 16.2. The second-order valence-electron chi connectivity index (χ2n) is 7.17. The van der Waals surface area contributed by atoms with Gasteiger partial charge in [-0.1, -0.05) is 12.2 Å². The highest BCUT2D eigenvalue weighted by Gasteiger charge is 2.67. The lowest BCUT2D eigenvalue weighted by atomic mass is 9.64. The van der Waals surface area contributed by atoms with Crippen molar-refractivity contribution in [2.45, 2.75) is 26.7 Å². The van der Waals surface area contributed by atoms with Gasteiger partial charge in [0.15, 0.2) is 0 Å². The molecule has 4 aliphatic carbocycles. The zero-order valence-corrected chi connectivity index (χ0v) is 13.1. The fourth-order valence-corrected chi connectivity index (χ4v) is 6.14. The maximum atomic E-state index is 12.5. The van der Waals surface area contributed by atoms with Gasteiger partial charge in [-0.05, 0) is 62.2 Å². The van der Waals surface area contributed by atoms with Crippen LogP contribution in [0.1, 0.15) is 26.7 Å². The second kappa shape index (κ2) is 4.97. The molecule has 0 aromatic heterocycles. The summed E-state index contributed by atoms with van der Waals surface area (Å²) in [6.07, 6.45) is 10.0. The van der Waals surface area contributed by atoms with Crippen LogP contribution in [-0.2, 0) is 9.59 Å². The molecule has 8 unspecified atom stereocenters. The number of carbonyl (C=O) groups excluding carboxylic acids is 2. The van der Waals surface area contributed by atoms with E-state index >= 15 is 0 Å². The van der Waals surface area contributed by atoms with Crippen LogP contribution in [0.5, 0.6) is 0 Å². The van der Waals surface area contributed by atoms with E-state index in [4.69, 9.17) is 0 Å². The molecule has 8 atom stereocenters. The van der Waals surface area contributed by atoms with Crippen molar-refractivity contribution >= 4 is 24.2 Å². The van der Waals surface area contributed by atoms with Crippen LogP contribution in [0.2, 0.25) is 0 Å². The van der Waals surface area contributed by atoms with Gasteiger partial charge in [-0.25, -0.2) is 9.98 Å². The van der Waals surface area contributed by atoms with Crippen LogP contribution in [0, 0.1) is 47.3 Å². The monoisotopic (exact) mass is 298 g/mol. The van der Waals surface area contributed by atoms with Crippen molar-refractivity contribution in [1.29, 1.82) is 0 Å². The van der Waals surface area contributed by atoms with Crippen molar-refractivity contribution in [2.24, 2.45) is 57.3 Å². The van der Waals surface area contributed by atoms with E-state index in [1.807, 2.05) is 0 Å². The molecule has 0 saturated heterocycles. The van der Waals surface area contributed by atoms with Gasteiger partial charge in [-0.3, -0.25) is 9.59 Å². The molecule has 22 heavy (non-hydrogen) atoms. The maximum Gasteiger partial charge on any atom is 0.249 e. The minimum absolute atomic E-state index is 0.107. The average Bonchev–Trinajstić information content (AvgIpc) is 3.24. The first kappa shape index (κ1) is 14.0. The summed E-state index contributed by atoms with van der Waals surface area (Å²) in [5, 5.41) is 0. The van der Waals surface area contributed by atoms with Crippen molar-refractivity contribution in [2.75, 3.05) is 0 Å². The van der Waals surface area contributed by atoms with Crippen molar-refractivity contribution in [1.82, 2.24) is 0 Å². The number of allylic oxidation sites excluding steroid dienone is 2. The molecule has 0 radical (unpaired) electrons. The third kappa shape index (κ3) is 1.70. The zero-order valence-electron chi connectivity index (χ0n) is 13.1. The molecule has 0 N–H and O–H groups in total. The first-order valence-electron chi connectivity index (χ1n) is 8.40. The number of carbonyl (C=O) groups is 2. The van der Waals surface area contributed by atoms with Gasteiger partial charge in [0.1, 0.15) is 0 Å². The van der Waals surface area contributed by atoms with E-state index in [2.05, 4.69) is 22.1 Å². The molecule has 3 fully saturated rings. The predicted octanol–water partition coefficient (Wildman–Crippen LogP) is 2.54. The Labute approximate surface area is 130 Å². The molecule has 4 bridgehead atoms. The zero-order chi connectivity index (χ0) is 15.4. The van der Waals surface area contributed by atoms with Gasteiger partial charge in [-0.15, -0.1) is 0 Å². The standard InChI is InChI=1S/C18H22N2O2/c1-3-19-17(21)15-11-8-12(16(15)18(22)20-4-2)14-10-6-5-9(7-10)13(11)14/h3-6,9-16H,7-8H2,1-2H3. The third-order valence-corrected chi connectivity index (χ3v) is 6.51. The van der Waals surface area contributed by atoms with E-state index in [0.29, 0.717) is 35.5 Å². The van der Waals surface area contributed by atoms with Gasteiger partial charge >= 0.3 is 0 Å². The summed E-state index contributed by atoms with van der Waals surface area (Å²) in [6, 6.07) is 0. The molecule has 3 saturated carbocycles. The first-order valence-corrected chi connectivity index (χ1v) is 8.40. The average molecular weight is 298 g/mol. The molecular formula is C18H22N2O2. The van der Waals surface area contributed by atoms with Crippen LogP contribution in [-0.4, -0.2) is 24.2 Å². The van der Waals surface area contributed by atoms with Crippen molar-refractivity contribution in [3.63, 3.8) is 0 Å². The number of aliphatic imine (C=N–C) groups is 2. The van der Waals surface area contributed by atoms with Crippen LogP contribution in [0.25, 0.3) is 0 Å². The Bertz CT molecular complexity index is 556. The number of rotatable bonds is 2. The SMILES string of the molecule is CC=NC(=O)C1C2CC(C1C(=O)N=CC)C1C3C=CC(C3)C21. The van der Waals surface area contributed by atoms with E-state index in [1.165, 1.54) is 6.42 Å². The van der Waals surface area contributed by atoms with Crippen LogP contribution in [0.15, 0.2) is 22.1 Å². The summed E-state index contributed by atoms with van der Waals surface area (Å²) in [7, 11) is 0. The van der Waals surface area contributed by atoms with Crippen LogP contribution in [0.3, 0.4) is 0 Å². The molecule has 2 amide bonds. The lowest BCUT2D eigenvalue weighted by Crippen LogP contribution is -2.43. The van der Waals surface area contributed by atoms with Crippen molar-refractivity contribution in [3.8, 4) is 0 Å². The highest BCUT2D eigenvalue weighted by Crippen LogP contribution is 2.68. The topological polar surface area (TPSA) is 58.9 Å². The Hall–Kier alpha value is -1.58. The summed E-state index contributed by atoms with van der Waals surface area (Å²) in [4.78, 5) is 33.1. The summed E-state index contributed by atoms with van der Waals surface area (Å²) in [5.74, 6) is 2.38. The van der Waals surface area contributed by atoms with E-state index in [1.54, 1.807) is 26.3 Å². The summed E-state index contributed by atoms with van der Waals surface area (Å²) < 4.78 is 0. The van der Waals surface area contributed by atoms with E-state index in [-0.39, 0.29) is 23.7 Å². The summed E-state index contributed by atoms with van der Waals surface area (Å²) in [5.41, 5.74) is 0. The minimum Gasteiger partial charge on any atom is -0.272 e. The highest BCUT2D eigenvalue weighted by molar-refractivity contribution is 5.94. The van der Waals surface area contributed by atoms with E-state index in [9.17, 15) is 9.59 Å². The lowest BCUT2D eigenvalue weighted by molar-refractivity contribution is -0.135. The molecule has 116 valence electrons. The van der Waals surface area contributed by atoms with Crippen LogP contribution < -0.4 is 0 Å². The smallest absolute Gasteiger partial charge is 0.249 e. The first-order chi connectivity index (χ1) is 10.7. The van der Waals surface area contributed by atoms with Gasteiger partial charge in [0.25, 0.3) is 0 Å². The van der Waals surface area contributed by atoms with E-state index in [0.717, 1.165) is 6.42 Å². The number of hydrogen-bond acceptors (Lipinski definition) is 2. The van der Waals surface area contributed by atoms with Gasteiger partial charge < -0.3 is 0 Å². The summed E-state index contributed by atoms with van der Waals surface area (Å²) >= 11 is 0. The Morgan fingerprint density at radius 1 is 0.864 bits per heavy atom. The Balaban J connectivity index is 1.72. The second-order valence-corrected chi connectivity index (χ2v) is 7.17. The van der Waals surface area contributed by atoms with E-state index < -0.39 is 0 Å². The predicted molar refractivity (Wildman–Crippen MR) is 84.6 cm³/mol. The Morgan fingerprint density at radius 3 is 1.73 bits per heavy atom. The number of amides is 2. The lowest BCUT2D eigenvalue weighted by Gasteiger charge is -2.39. The largest absolute Gasteiger partial charge is 0.272 e.